The summed E-state index contributed by atoms with van der Waals surface area (Å²) in [6.45, 7) is 14.2. The van der Waals surface area contributed by atoms with Crippen LogP contribution in [-0.2, 0) is 23.7 Å². The Labute approximate surface area is 160 Å². The molecule has 0 radical (unpaired) electrons. The van der Waals surface area contributed by atoms with Crippen molar-refractivity contribution in [3.05, 3.63) is 0 Å². The zero-order valence-corrected chi connectivity index (χ0v) is 17.6. The molecule has 0 aliphatic heterocycles. The maximum absolute atomic E-state index is 12.4. The largest absolute Gasteiger partial charge is 0.382 e. The molecule has 0 aromatic heterocycles. The average Bonchev–Trinajstić information content (AvgIpc) is 2.59. The highest BCUT2D eigenvalue weighted by atomic mass is 16.6. The third kappa shape index (κ3) is 16.8. The molecule has 0 bridgehead atoms. The number of rotatable bonds is 18. The topological polar surface area (TPSA) is 57.2 Å². The predicted octanol–water partition coefficient (Wildman–Crippen LogP) is 2.99. The van der Waals surface area contributed by atoms with Crippen molar-refractivity contribution < 1.29 is 23.7 Å². The molecular formula is C20H41NO5. The van der Waals surface area contributed by atoms with E-state index >= 15 is 0 Å². The zero-order chi connectivity index (χ0) is 19.6. The van der Waals surface area contributed by atoms with Crippen molar-refractivity contribution >= 4 is 5.91 Å². The minimum atomic E-state index is 0.193. The summed E-state index contributed by atoms with van der Waals surface area (Å²) in [5, 5.41) is 0. The zero-order valence-electron chi connectivity index (χ0n) is 17.6. The molecule has 0 aromatic carbocycles. The molecule has 0 fully saturated rings. The molecule has 1 amide bonds. The van der Waals surface area contributed by atoms with Crippen LogP contribution in [0.4, 0.5) is 0 Å². The van der Waals surface area contributed by atoms with E-state index in [2.05, 4.69) is 27.7 Å². The van der Waals surface area contributed by atoms with Crippen LogP contribution >= 0.6 is 0 Å². The normalized spacial score (nSPS) is 11.5. The third-order valence-electron chi connectivity index (χ3n) is 3.94. The van der Waals surface area contributed by atoms with Crippen LogP contribution in [0.1, 0.15) is 47.0 Å². The molecule has 6 nitrogen and oxygen atoms in total. The standard InChI is InChI=1S/C20H41NO5/c1-18(2)6-9-21(10-7-19(3)4)20(22)8-11-24-14-15-26-17-16-25-13-12-23-5/h18-19H,6-17H2,1-5H3. The molecule has 0 aromatic rings. The van der Waals surface area contributed by atoms with E-state index in [1.807, 2.05) is 4.90 Å². The Hall–Kier alpha value is -0.690. The van der Waals surface area contributed by atoms with E-state index < -0.39 is 0 Å². The number of hydrogen-bond acceptors (Lipinski definition) is 5. The fourth-order valence-electron chi connectivity index (χ4n) is 2.19. The highest BCUT2D eigenvalue weighted by Gasteiger charge is 2.14. The van der Waals surface area contributed by atoms with Gasteiger partial charge in [0.25, 0.3) is 0 Å². The lowest BCUT2D eigenvalue weighted by Crippen LogP contribution is -2.34. The van der Waals surface area contributed by atoms with Crippen molar-refractivity contribution in [1.82, 2.24) is 4.90 Å². The summed E-state index contributed by atoms with van der Waals surface area (Å²) in [6, 6.07) is 0. The Bertz CT molecular complexity index is 311. The van der Waals surface area contributed by atoms with Crippen LogP contribution in [0.2, 0.25) is 0 Å². The summed E-state index contributed by atoms with van der Waals surface area (Å²) in [5.74, 6) is 1.41. The van der Waals surface area contributed by atoms with Crippen molar-refractivity contribution in [2.24, 2.45) is 11.8 Å². The van der Waals surface area contributed by atoms with Gasteiger partial charge in [-0.1, -0.05) is 27.7 Å². The Morgan fingerprint density at radius 2 is 1.15 bits per heavy atom. The summed E-state index contributed by atoms with van der Waals surface area (Å²) in [7, 11) is 1.65. The van der Waals surface area contributed by atoms with Crippen LogP contribution in [0, 0.1) is 11.8 Å². The van der Waals surface area contributed by atoms with Gasteiger partial charge in [0, 0.05) is 20.2 Å². The van der Waals surface area contributed by atoms with Gasteiger partial charge in [0.2, 0.25) is 5.91 Å². The number of amides is 1. The molecule has 0 spiro atoms. The highest BCUT2D eigenvalue weighted by Crippen LogP contribution is 2.08. The molecule has 0 aliphatic carbocycles. The summed E-state index contributed by atoms with van der Waals surface area (Å²) < 4.78 is 21.1. The number of methoxy groups -OCH3 is 1. The van der Waals surface area contributed by atoms with Crippen LogP contribution in [-0.4, -0.2) is 77.3 Å². The second kappa shape index (κ2) is 17.7. The van der Waals surface area contributed by atoms with Crippen molar-refractivity contribution in [3.8, 4) is 0 Å². The fourth-order valence-corrected chi connectivity index (χ4v) is 2.19. The first-order valence-corrected chi connectivity index (χ1v) is 9.97. The summed E-state index contributed by atoms with van der Waals surface area (Å²) in [6.07, 6.45) is 2.53. The van der Waals surface area contributed by atoms with Crippen molar-refractivity contribution in [2.75, 3.05) is 66.4 Å². The molecule has 26 heavy (non-hydrogen) atoms. The van der Waals surface area contributed by atoms with Crippen LogP contribution in [0.5, 0.6) is 0 Å². The molecule has 0 atom stereocenters. The maximum atomic E-state index is 12.4. The van der Waals surface area contributed by atoms with Gasteiger partial charge in [-0.3, -0.25) is 4.79 Å². The van der Waals surface area contributed by atoms with Gasteiger partial charge in [0.1, 0.15) is 0 Å². The Morgan fingerprint density at radius 3 is 1.58 bits per heavy atom. The SMILES string of the molecule is COCCOCCOCCOCCC(=O)N(CCC(C)C)CCC(C)C. The summed E-state index contributed by atoms with van der Waals surface area (Å²) in [4.78, 5) is 14.4. The Morgan fingerprint density at radius 1 is 0.731 bits per heavy atom. The second-order valence-electron chi connectivity index (χ2n) is 7.33. The molecule has 156 valence electrons. The number of carbonyl (C=O) groups is 1. The summed E-state index contributed by atoms with van der Waals surface area (Å²) >= 11 is 0. The van der Waals surface area contributed by atoms with E-state index in [1.165, 1.54) is 0 Å². The van der Waals surface area contributed by atoms with Crippen LogP contribution in [0.15, 0.2) is 0 Å². The lowest BCUT2D eigenvalue weighted by atomic mass is 10.1. The van der Waals surface area contributed by atoms with Gasteiger partial charge in [-0.2, -0.15) is 0 Å². The predicted molar refractivity (Wildman–Crippen MR) is 104 cm³/mol. The molecule has 0 saturated heterocycles. The van der Waals surface area contributed by atoms with Crippen LogP contribution < -0.4 is 0 Å². The van der Waals surface area contributed by atoms with E-state index in [1.54, 1.807) is 7.11 Å². The molecule has 0 rings (SSSR count). The van der Waals surface area contributed by atoms with Crippen molar-refractivity contribution in [2.45, 2.75) is 47.0 Å². The van der Waals surface area contributed by atoms with Crippen LogP contribution in [0.3, 0.4) is 0 Å². The highest BCUT2D eigenvalue weighted by molar-refractivity contribution is 5.76. The molecule has 0 aliphatic rings. The Kier molecular flexibility index (Phi) is 17.2. The van der Waals surface area contributed by atoms with E-state index in [0.29, 0.717) is 64.5 Å². The minimum absolute atomic E-state index is 0.193. The molecule has 0 N–H and O–H groups in total. The number of nitrogens with zero attached hydrogens (tertiary/aromatic N) is 1. The first-order valence-electron chi connectivity index (χ1n) is 9.97. The molecule has 0 saturated carbocycles. The van der Waals surface area contributed by atoms with Crippen molar-refractivity contribution in [3.63, 3.8) is 0 Å². The maximum Gasteiger partial charge on any atom is 0.224 e. The van der Waals surface area contributed by atoms with Gasteiger partial charge in [-0.15, -0.1) is 0 Å². The lowest BCUT2D eigenvalue weighted by Gasteiger charge is -2.24. The minimum Gasteiger partial charge on any atom is -0.382 e. The third-order valence-corrected chi connectivity index (χ3v) is 3.94. The lowest BCUT2D eigenvalue weighted by molar-refractivity contribution is -0.132. The molecule has 0 heterocycles. The van der Waals surface area contributed by atoms with Gasteiger partial charge in [0.15, 0.2) is 0 Å². The second-order valence-corrected chi connectivity index (χ2v) is 7.33. The fraction of sp³-hybridized carbons (Fsp3) is 0.950. The summed E-state index contributed by atoms with van der Waals surface area (Å²) in [5.41, 5.74) is 0. The number of ether oxygens (including phenoxy) is 4. The van der Waals surface area contributed by atoms with E-state index in [9.17, 15) is 4.79 Å². The van der Waals surface area contributed by atoms with E-state index in [0.717, 1.165) is 25.9 Å². The molecular weight excluding hydrogens is 334 g/mol. The first-order chi connectivity index (χ1) is 12.5. The quantitative estimate of drug-likeness (QED) is 0.345. The van der Waals surface area contributed by atoms with Gasteiger partial charge in [-0.05, 0) is 24.7 Å². The van der Waals surface area contributed by atoms with Gasteiger partial charge in [-0.25, -0.2) is 0 Å². The van der Waals surface area contributed by atoms with Crippen molar-refractivity contribution in [1.29, 1.82) is 0 Å². The Balaban J connectivity index is 3.73. The van der Waals surface area contributed by atoms with Gasteiger partial charge >= 0.3 is 0 Å². The van der Waals surface area contributed by atoms with Gasteiger partial charge in [0.05, 0.1) is 52.7 Å². The van der Waals surface area contributed by atoms with E-state index in [-0.39, 0.29) is 5.91 Å². The van der Waals surface area contributed by atoms with Crippen LogP contribution in [0.25, 0.3) is 0 Å². The smallest absolute Gasteiger partial charge is 0.224 e. The number of carbonyl (C=O) groups excluding carboxylic acids is 1. The monoisotopic (exact) mass is 375 g/mol. The molecule has 0 unspecified atom stereocenters. The van der Waals surface area contributed by atoms with E-state index in [4.69, 9.17) is 18.9 Å². The number of hydrogen-bond donors (Lipinski definition) is 0. The average molecular weight is 376 g/mol. The molecule has 6 heteroatoms. The first kappa shape index (κ1) is 25.3. The van der Waals surface area contributed by atoms with Gasteiger partial charge < -0.3 is 23.8 Å².